The summed E-state index contributed by atoms with van der Waals surface area (Å²) in [6, 6.07) is 0. The summed E-state index contributed by atoms with van der Waals surface area (Å²) in [4.78, 5) is 11.8. The molecule has 6 atom stereocenters. The molecule has 1 heterocycles. The summed E-state index contributed by atoms with van der Waals surface area (Å²) < 4.78 is 31.7. The maximum Gasteiger partial charge on any atom is 0.237 e. The highest BCUT2D eigenvalue weighted by molar-refractivity contribution is 7.90. The number of carbonyl (C=O) groups is 1. The fraction of sp³-hybridized carbons (Fsp3) is 0.792. The number of amides is 1. The van der Waals surface area contributed by atoms with E-state index in [0.29, 0.717) is 25.7 Å². The average molecular weight is 470 g/mol. The molecular weight excluding hydrogens is 430 g/mol. The second kappa shape index (κ2) is 11.6. The Kier molecular flexibility index (Phi) is 9.77. The van der Waals surface area contributed by atoms with Crippen LogP contribution in [0.4, 0.5) is 0 Å². The van der Waals surface area contributed by atoms with Crippen molar-refractivity contribution in [2.45, 2.75) is 108 Å². The van der Waals surface area contributed by atoms with E-state index < -0.39 is 32.9 Å². The summed E-state index contributed by atoms with van der Waals surface area (Å²) in [5.74, 6) is 5.51. The van der Waals surface area contributed by atoms with E-state index in [0.717, 1.165) is 19.3 Å². The first-order valence-corrected chi connectivity index (χ1v) is 13.2. The van der Waals surface area contributed by atoms with Crippen molar-refractivity contribution in [3.63, 3.8) is 0 Å². The zero-order chi connectivity index (χ0) is 23.9. The number of carbonyl (C=O) groups excluding carboxylic acids is 1. The molecule has 2 fully saturated rings. The number of unbranched alkanes of at least 4 members (excludes halogenated alkanes) is 1. The minimum atomic E-state index is -3.57. The highest BCUT2D eigenvalue weighted by atomic mass is 32.2. The van der Waals surface area contributed by atoms with Gasteiger partial charge in [0.15, 0.2) is 0 Å². The molecule has 0 spiro atoms. The van der Waals surface area contributed by atoms with Crippen LogP contribution in [0.15, 0.2) is 12.2 Å². The van der Waals surface area contributed by atoms with Crippen molar-refractivity contribution < 1.29 is 28.2 Å². The van der Waals surface area contributed by atoms with Crippen LogP contribution in [-0.4, -0.2) is 53.7 Å². The second-order valence-electron chi connectivity index (χ2n) is 9.58. The predicted octanol–water partition coefficient (Wildman–Crippen LogP) is 2.67. The Balaban J connectivity index is 1.77. The van der Waals surface area contributed by atoms with Crippen LogP contribution in [0.3, 0.4) is 0 Å². The number of aliphatic hydroxyl groups excluding tert-OH is 1. The zero-order valence-electron chi connectivity index (χ0n) is 19.7. The van der Waals surface area contributed by atoms with E-state index in [-0.39, 0.29) is 30.5 Å². The summed E-state index contributed by atoms with van der Waals surface area (Å²) in [5.41, 5.74) is -0.954. The van der Waals surface area contributed by atoms with Crippen molar-refractivity contribution in [1.82, 2.24) is 4.72 Å². The normalized spacial score (nSPS) is 29.5. The van der Waals surface area contributed by atoms with Crippen LogP contribution in [-0.2, 0) is 19.6 Å². The fourth-order valence-corrected chi connectivity index (χ4v) is 5.11. The van der Waals surface area contributed by atoms with E-state index in [1.165, 1.54) is 13.8 Å². The van der Waals surface area contributed by atoms with Gasteiger partial charge in [0.05, 0.1) is 29.2 Å². The molecule has 182 valence electrons. The maximum atomic E-state index is 11.8. The van der Waals surface area contributed by atoms with Gasteiger partial charge in [0.1, 0.15) is 0 Å². The second-order valence-corrected chi connectivity index (χ2v) is 11.8. The topological polar surface area (TPSA) is 113 Å². The Morgan fingerprint density at radius 3 is 2.69 bits per heavy atom. The molecule has 1 saturated carbocycles. The van der Waals surface area contributed by atoms with Crippen molar-refractivity contribution in [2.24, 2.45) is 11.8 Å². The first kappa shape index (κ1) is 26.8. The van der Waals surface area contributed by atoms with E-state index in [1.54, 1.807) is 19.9 Å². The SMILES string of the molecule is CC#CCCC(C)(O)C=C[C@@H]1[C@H]2C[C@@H](CCCCC(=O)NS(=O)(=O)C(C)C)O[C@H]2C[C@H]1O. The van der Waals surface area contributed by atoms with Crippen LogP contribution >= 0.6 is 0 Å². The molecule has 0 bridgehead atoms. The van der Waals surface area contributed by atoms with Gasteiger partial charge in [0.2, 0.25) is 15.9 Å². The number of hydrogen-bond acceptors (Lipinski definition) is 6. The number of fused-ring (bicyclic) bond motifs is 1. The molecule has 1 aliphatic heterocycles. The lowest BCUT2D eigenvalue weighted by atomic mass is 9.87. The quantitative estimate of drug-likeness (QED) is 0.244. The van der Waals surface area contributed by atoms with Crippen LogP contribution in [0.25, 0.3) is 0 Å². The van der Waals surface area contributed by atoms with Crippen LogP contribution in [0.1, 0.15) is 79.1 Å². The molecule has 0 aromatic heterocycles. The summed E-state index contributed by atoms with van der Waals surface area (Å²) in [6.07, 6.45) is 8.31. The highest BCUT2D eigenvalue weighted by Gasteiger charge is 2.47. The van der Waals surface area contributed by atoms with E-state index in [9.17, 15) is 23.4 Å². The third kappa shape index (κ3) is 7.87. The lowest BCUT2D eigenvalue weighted by Crippen LogP contribution is -2.35. The number of nitrogens with one attached hydrogen (secondary N) is 1. The van der Waals surface area contributed by atoms with Crippen molar-refractivity contribution in [1.29, 1.82) is 0 Å². The summed E-state index contributed by atoms with van der Waals surface area (Å²) in [6.45, 7) is 6.61. The van der Waals surface area contributed by atoms with E-state index in [4.69, 9.17) is 4.74 Å². The number of ether oxygens (including phenoxy) is 1. The zero-order valence-corrected chi connectivity index (χ0v) is 20.5. The number of rotatable bonds is 11. The first-order chi connectivity index (χ1) is 14.9. The molecule has 32 heavy (non-hydrogen) atoms. The van der Waals surface area contributed by atoms with Gasteiger partial charge < -0.3 is 14.9 Å². The summed E-state index contributed by atoms with van der Waals surface area (Å²) in [7, 11) is -3.57. The molecule has 0 radical (unpaired) electrons. The minimum Gasteiger partial charge on any atom is -0.392 e. The fourth-order valence-electron chi connectivity index (χ4n) is 4.46. The highest BCUT2D eigenvalue weighted by Crippen LogP contribution is 2.45. The number of sulfonamides is 1. The monoisotopic (exact) mass is 469 g/mol. The van der Waals surface area contributed by atoms with E-state index in [1.807, 2.05) is 6.08 Å². The third-order valence-corrected chi connectivity index (χ3v) is 8.21. The summed E-state index contributed by atoms with van der Waals surface area (Å²) in [5, 5.41) is 20.4. The molecule has 7 nitrogen and oxygen atoms in total. The molecule has 1 amide bonds. The number of aliphatic hydroxyl groups is 2. The molecule has 1 aliphatic carbocycles. The van der Waals surface area contributed by atoms with Gasteiger partial charge in [-0.05, 0) is 59.3 Å². The van der Waals surface area contributed by atoms with Crippen molar-refractivity contribution in [2.75, 3.05) is 0 Å². The number of hydrogen-bond donors (Lipinski definition) is 3. The molecule has 1 saturated heterocycles. The third-order valence-electron chi connectivity index (χ3n) is 6.46. The predicted molar refractivity (Wildman–Crippen MR) is 124 cm³/mol. The lowest BCUT2D eigenvalue weighted by Gasteiger charge is -2.21. The largest absolute Gasteiger partial charge is 0.392 e. The Hall–Kier alpha value is -1.40. The van der Waals surface area contributed by atoms with Crippen LogP contribution in [0.2, 0.25) is 0 Å². The molecule has 1 unspecified atom stereocenters. The van der Waals surface area contributed by atoms with Gasteiger partial charge in [-0.15, -0.1) is 11.8 Å². The van der Waals surface area contributed by atoms with Gasteiger partial charge in [-0.25, -0.2) is 8.42 Å². The molecule has 8 heteroatoms. The standard InChI is InChI=1S/C24H39NO6S/c1-5-6-9-13-24(4,28)14-12-19-20-15-18(31-22(20)16-21(19)26)10-7-8-11-23(27)25-32(29,30)17(2)3/h12,14,17-22,26,28H,7-11,13,15-16H2,1-4H3,(H,25,27)/t18-,19-,20-,21-,22+,24?/m1/s1. The molecule has 3 N–H and O–H groups in total. The summed E-state index contributed by atoms with van der Waals surface area (Å²) >= 11 is 0. The first-order valence-electron chi connectivity index (χ1n) is 11.6. The molecule has 2 rings (SSSR count). The van der Waals surface area contributed by atoms with Gasteiger partial charge >= 0.3 is 0 Å². The molecule has 2 aliphatic rings. The Labute approximate surface area is 193 Å². The van der Waals surface area contributed by atoms with Crippen molar-refractivity contribution in [3.8, 4) is 11.8 Å². The smallest absolute Gasteiger partial charge is 0.237 e. The Morgan fingerprint density at radius 1 is 1.31 bits per heavy atom. The molecule has 0 aromatic carbocycles. The Bertz CT molecular complexity index is 823. The van der Waals surface area contributed by atoms with Gasteiger partial charge in [-0.3, -0.25) is 9.52 Å². The van der Waals surface area contributed by atoms with Crippen molar-refractivity contribution in [3.05, 3.63) is 12.2 Å². The molecular formula is C24H39NO6S. The minimum absolute atomic E-state index is 0.0139. The van der Waals surface area contributed by atoms with E-state index >= 15 is 0 Å². The van der Waals surface area contributed by atoms with E-state index in [2.05, 4.69) is 16.6 Å². The molecule has 0 aromatic rings. The maximum absolute atomic E-state index is 11.8. The van der Waals surface area contributed by atoms with Crippen LogP contribution in [0, 0.1) is 23.7 Å². The Morgan fingerprint density at radius 2 is 2.03 bits per heavy atom. The average Bonchev–Trinajstić information content (AvgIpc) is 3.19. The van der Waals surface area contributed by atoms with Crippen LogP contribution in [0.5, 0.6) is 0 Å². The van der Waals surface area contributed by atoms with Gasteiger partial charge in [0.25, 0.3) is 0 Å². The lowest BCUT2D eigenvalue weighted by molar-refractivity contribution is -0.119. The van der Waals surface area contributed by atoms with Gasteiger partial charge in [-0.1, -0.05) is 18.6 Å². The van der Waals surface area contributed by atoms with Crippen molar-refractivity contribution >= 4 is 15.9 Å². The van der Waals surface area contributed by atoms with Gasteiger partial charge in [0, 0.05) is 25.2 Å². The van der Waals surface area contributed by atoms with Gasteiger partial charge in [-0.2, -0.15) is 0 Å². The van der Waals surface area contributed by atoms with Crippen LogP contribution < -0.4 is 4.72 Å².